The number of aromatic nitrogens is 1. The van der Waals surface area contributed by atoms with Crippen molar-refractivity contribution in [2.75, 3.05) is 7.05 Å². The van der Waals surface area contributed by atoms with Crippen LogP contribution in [0.2, 0.25) is 0 Å². The summed E-state index contributed by atoms with van der Waals surface area (Å²) in [7, 11) is 1.60. The van der Waals surface area contributed by atoms with Crippen molar-refractivity contribution < 1.29 is 4.79 Å². The van der Waals surface area contributed by atoms with Gasteiger partial charge < -0.3 is 5.32 Å². The van der Waals surface area contributed by atoms with Gasteiger partial charge in [0.15, 0.2) is 0 Å². The fraction of sp³-hybridized carbons (Fsp3) is 0.619. The molecule has 1 rings (SSSR count). The number of rotatable bonds is 15. The summed E-state index contributed by atoms with van der Waals surface area (Å²) in [6.45, 7) is 3.97. The lowest BCUT2D eigenvalue weighted by Crippen LogP contribution is -2.18. The molecule has 0 saturated carbocycles. The van der Waals surface area contributed by atoms with Gasteiger partial charge in [0.25, 0.3) is 5.91 Å². The second-order valence-corrected chi connectivity index (χ2v) is 10.2. The van der Waals surface area contributed by atoms with E-state index in [0.29, 0.717) is 24.5 Å². The largest absolute Gasteiger partial charge is 0.354 e. The number of hydrogen-bond donors (Lipinski definition) is 1. The number of carbonyl (C=O) groups is 1. The van der Waals surface area contributed by atoms with Crippen molar-refractivity contribution in [3.05, 3.63) is 39.3 Å². The highest BCUT2D eigenvalue weighted by Gasteiger charge is 2.13. The predicted molar refractivity (Wildman–Crippen MR) is 129 cm³/mol. The number of thiazole rings is 1. The van der Waals surface area contributed by atoms with Crippen LogP contribution in [0.1, 0.15) is 66.9 Å². The maximum atomic E-state index is 11.6. The van der Waals surface area contributed by atoms with Crippen LogP contribution in [0.25, 0.3) is 0 Å². The molecule has 1 N–H and O–H groups in total. The Hall–Kier alpha value is -0.260. The van der Waals surface area contributed by atoms with Gasteiger partial charge in [-0.25, -0.2) is 4.98 Å². The maximum Gasteiger partial charge on any atom is 0.270 e. The average Bonchev–Trinajstić information content (AvgIpc) is 3.15. The lowest BCUT2D eigenvalue weighted by atomic mass is 9.94. The SMILES string of the molecule is C=CC(CCCC[C@@H](Cl)Cc1nc(C(=O)NC)cs1)CCC[C@H](Cl)CC=C(Cl)Cl. The number of nitrogens with zero attached hydrogens (tertiary/aromatic N) is 1. The molecular formula is C21H30Cl4N2OS. The molecule has 3 atom stereocenters. The van der Waals surface area contributed by atoms with Crippen LogP contribution in [0, 0.1) is 5.92 Å². The number of halogens is 4. The Morgan fingerprint density at radius 3 is 2.48 bits per heavy atom. The highest BCUT2D eigenvalue weighted by molar-refractivity contribution is 7.09. The molecule has 1 aromatic heterocycles. The first-order valence-electron chi connectivity index (χ1n) is 9.94. The number of nitrogens with one attached hydrogen (secondary N) is 1. The molecular weight excluding hydrogens is 470 g/mol. The van der Waals surface area contributed by atoms with Gasteiger partial charge in [-0.3, -0.25) is 4.79 Å². The molecule has 0 spiro atoms. The van der Waals surface area contributed by atoms with Gasteiger partial charge in [-0.1, -0.05) is 54.6 Å². The van der Waals surface area contributed by atoms with Crippen molar-refractivity contribution in [2.24, 2.45) is 5.92 Å². The molecule has 0 fully saturated rings. The molecule has 164 valence electrons. The maximum absolute atomic E-state index is 11.6. The summed E-state index contributed by atoms with van der Waals surface area (Å²) in [6.07, 6.45) is 12.5. The van der Waals surface area contributed by atoms with Crippen LogP contribution in [-0.4, -0.2) is 28.7 Å². The van der Waals surface area contributed by atoms with E-state index in [-0.39, 0.29) is 21.2 Å². The van der Waals surface area contributed by atoms with E-state index in [0.717, 1.165) is 50.0 Å². The zero-order valence-electron chi connectivity index (χ0n) is 16.8. The Balaban J connectivity index is 2.19. The molecule has 0 aliphatic rings. The summed E-state index contributed by atoms with van der Waals surface area (Å²) < 4.78 is 0.277. The second-order valence-electron chi connectivity index (χ2n) is 7.04. The Kier molecular flexibility index (Phi) is 14.3. The molecule has 8 heteroatoms. The van der Waals surface area contributed by atoms with Gasteiger partial charge in [-0.05, 0) is 38.0 Å². The topological polar surface area (TPSA) is 42.0 Å². The van der Waals surface area contributed by atoms with E-state index in [9.17, 15) is 4.79 Å². The van der Waals surface area contributed by atoms with Crippen LogP contribution in [0.5, 0.6) is 0 Å². The van der Waals surface area contributed by atoms with Gasteiger partial charge in [-0.15, -0.1) is 41.1 Å². The van der Waals surface area contributed by atoms with Gasteiger partial charge in [0, 0.05) is 29.6 Å². The molecule has 29 heavy (non-hydrogen) atoms. The van der Waals surface area contributed by atoms with Crippen molar-refractivity contribution in [2.45, 2.75) is 68.5 Å². The normalized spacial score (nSPS) is 14.1. The molecule has 1 unspecified atom stereocenters. The van der Waals surface area contributed by atoms with Crippen molar-refractivity contribution in [1.29, 1.82) is 0 Å². The molecule has 1 amide bonds. The van der Waals surface area contributed by atoms with E-state index in [2.05, 4.69) is 16.9 Å². The van der Waals surface area contributed by atoms with Gasteiger partial charge in [0.2, 0.25) is 0 Å². The summed E-state index contributed by atoms with van der Waals surface area (Å²) >= 11 is 25.5. The average molecular weight is 500 g/mol. The van der Waals surface area contributed by atoms with Crippen LogP contribution in [-0.2, 0) is 6.42 Å². The van der Waals surface area contributed by atoms with E-state index < -0.39 is 0 Å². The Bertz CT molecular complexity index is 646. The van der Waals surface area contributed by atoms with Crippen LogP contribution < -0.4 is 5.32 Å². The molecule has 1 heterocycles. The second kappa shape index (κ2) is 15.5. The van der Waals surface area contributed by atoms with Gasteiger partial charge in [-0.2, -0.15) is 0 Å². The number of hydrogen-bond acceptors (Lipinski definition) is 3. The van der Waals surface area contributed by atoms with E-state index in [4.69, 9.17) is 46.4 Å². The zero-order chi connectivity index (χ0) is 21.6. The Morgan fingerprint density at radius 1 is 1.17 bits per heavy atom. The molecule has 3 nitrogen and oxygen atoms in total. The molecule has 0 saturated heterocycles. The van der Waals surface area contributed by atoms with Crippen LogP contribution in [0.3, 0.4) is 0 Å². The molecule has 0 bridgehead atoms. The fourth-order valence-corrected chi connectivity index (χ4v) is 4.69. The molecule has 0 aliphatic heterocycles. The molecule has 1 aromatic rings. The predicted octanol–water partition coefficient (Wildman–Crippen LogP) is 7.50. The minimum Gasteiger partial charge on any atom is -0.354 e. The Morgan fingerprint density at radius 2 is 1.83 bits per heavy atom. The number of alkyl halides is 2. The van der Waals surface area contributed by atoms with E-state index in [1.165, 1.54) is 11.3 Å². The monoisotopic (exact) mass is 498 g/mol. The van der Waals surface area contributed by atoms with Gasteiger partial charge >= 0.3 is 0 Å². The molecule has 0 aliphatic carbocycles. The Labute approximate surface area is 198 Å². The fourth-order valence-electron chi connectivity index (χ4n) is 3.02. The minimum atomic E-state index is -0.158. The molecule has 0 radical (unpaired) electrons. The standard InChI is InChI=1S/C21H30Cl4N2OS/c1-3-15(8-6-10-16(22)11-12-19(24)25)7-4-5-9-17(23)13-20-27-18(14-29-20)21(28)26-2/h3,12,14-17H,1,4-11,13H2,2H3,(H,26,28)/t15?,16-,17+/m0/s1. The first-order valence-corrected chi connectivity index (χ1v) is 12.4. The highest BCUT2D eigenvalue weighted by Crippen LogP contribution is 2.23. The van der Waals surface area contributed by atoms with Crippen LogP contribution in [0.4, 0.5) is 0 Å². The third-order valence-electron chi connectivity index (χ3n) is 4.70. The van der Waals surface area contributed by atoms with Crippen molar-refractivity contribution in [3.8, 4) is 0 Å². The van der Waals surface area contributed by atoms with Crippen molar-refractivity contribution in [3.63, 3.8) is 0 Å². The summed E-state index contributed by atoms with van der Waals surface area (Å²) in [5, 5.41) is 5.38. The zero-order valence-corrected chi connectivity index (χ0v) is 20.7. The summed E-state index contributed by atoms with van der Waals surface area (Å²) in [4.78, 5) is 15.9. The highest BCUT2D eigenvalue weighted by atomic mass is 35.5. The van der Waals surface area contributed by atoms with Gasteiger partial charge in [0.05, 0.1) is 5.01 Å². The van der Waals surface area contributed by atoms with Crippen molar-refractivity contribution in [1.82, 2.24) is 10.3 Å². The van der Waals surface area contributed by atoms with E-state index in [1.54, 1.807) is 18.5 Å². The summed E-state index contributed by atoms with van der Waals surface area (Å²) in [5.74, 6) is 0.350. The smallest absolute Gasteiger partial charge is 0.270 e. The van der Waals surface area contributed by atoms with E-state index in [1.807, 2.05) is 6.08 Å². The molecule has 0 aromatic carbocycles. The summed E-state index contributed by atoms with van der Waals surface area (Å²) in [6, 6.07) is 0. The van der Waals surface area contributed by atoms with Crippen LogP contribution in [0.15, 0.2) is 28.6 Å². The summed E-state index contributed by atoms with van der Waals surface area (Å²) in [5.41, 5.74) is 0.464. The third kappa shape index (κ3) is 12.2. The third-order valence-corrected chi connectivity index (χ3v) is 6.65. The van der Waals surface area contributed by atoms with Gasteiger partial charge in [0.1, 0.15) is 10.2 Å². The number of allylic oxidation sites excluding steroid dienone is 2. The minimum absolute atomic E-state index is 0.0414. The first-order chi connectivity index (χ1) is 13.8. The first kappa shape index (κ1) is 26.8. The van der Waals surface area contributed by atoms with Crippen LogP contribution >= 0.6 is 57.7 Å². The van der Waals surface area contributed by atoms with Crippen molar-refractivity contribution >= 4 is 63.6 Å². The number of unbranched alkanes of at least 4 members (excludes halogenated alkanes) is 1. The quantitative estimate of drug-likeness (QED) is 0.154. The number of amides is 1. The lowest BCUT2D eigenvalue weighted by Gasteiger charge is -2.14. The van der Waals surface area contributed by atoms with E-state index >= 15 is 0 Å². The lowest BCUT2D eigenvalue weighted by molar-refractivity contribution is 0.0958. The number of carbonyl (C=O) groups excluding carboxylic acids is 1.